The van der Waals surface area contributed by atoms with E-state index in [1.807, 2.05) is 6.92 Å². The molecule has 0 aromatic rings. The predicted octanol–water partition coefficient (Wildman–Crippen LogP) is -0.923. The van der Waals surface area contributed by atoms with Gasteiger partial charge in [-0.3, -0.25) is 5.43 Å². The Kier molecular flexibility index (Phi) is 8.20. The number of nitrogens with two attached hydrogens (primary N) is 1. The van der Waals surface area contributed by atoms with Crippen molar-refractivity contribution < 1.29 is 9.47 Å². The molecule has 1 unspecified atom stereocenters. The smallest absolute Gasteiger partial charge is 0.205 e. The number of methoxy groups -OCH3 is 2. The molecule has 6 nitrogen and oxygen atoms in total. The summed E-state index contributed by atoms with van der Waals surface area (Å²) in [4.78, 5) is 4.19. The third kappa shape index (κ3) is 5.74. The molecule has 0 saturated carbocycles. The Bertz CT molecular complexity index is 163. The number of guanidine groups is 1. The van der Waals surface area contributed by atoms with Gasteiger partial charge in [-0.2, -0.15) is 0 Å². The van der Waals surface area contributed by atoms with Gasteiger partial charge in [-0.1, -0.05) is 0 Å². The molecular weight excluding hydrogens is 184 g/mol. The van der Waals surface area contributed by atoms with Crippen LogP contribution in [0.15, 0.2) is 4.99 Å². The lowest BCUT2D eigenvalue weighted by atomic mass is 10.4. The highest BCUT2D eigenvalue weighted by Gasteiger charge is 2.05. The second-order valence-electron chi connectivity index (χ2n) is 2.68. The zero-order valence-electron chi connectivity index (χ0n) is 9.04. The molecule has 0 aliphatic carbocycles. The zero-order chi connectivity index (χ0) is 10.8. The highest BCUT2D eigenvalue weighted by molar-refractivity contribution is 5.79. The lowest BCUT2D eigenvalue weighted by molar-refractivity contribution is 0.0343. The van der Waals surface area contributed by atoms with E-state index in [1.54, 1.807) is 14.2 Å². The molecule has 0 spiro atoms. The van der Waals surface area contributed by atoms with Crippen molar-refractivity contribution in [2.24, 2.45) is 10.8 Å². The fourth-order valence-electron chi connectivity index (χ4n) is 0.894. The molecule has 0 heterocycles. The maximum Gasteiger partial charge on any atom is 0.205 e. The predicted molar refractivity (Wildman–Crippen MR) is 56.0 cm³/mol. The van der Waals surface area contributed by atoms with Crippen LogP contribution in [0, 0.1) is 0 Å². The molecule has 84 valence electrons. The van der Waals surface area contributed by atoms with E-state index >= 15 is 0 Å². The molecule has 0 aliphatic rings. The summed E-state index contributed by atoms with van der Waals surface area (Å²) in [7, 11) is 3.25. The number of nitrogens with zero attached hydrogens (tertiary/aromatic N) is 1. The molecule has 0 saturated heterocycles. The second kappa shape index (κ2) is 8.74. The van der Waals surface area contributed by atoms with Crippen LogP contribution in [0.5, 0.6) is 0 Å². The SMILES string of the molecule is CCNC(=NCC(COC)OC)NN. The van der Waals surface area contributed by atoms with Crippen LogP contribution in [0.25, 0.3) is 0 Å². The Hall–Kier alpha value is -0.850. The second-order valence-corrected chi connectivity index (χ2v) is 2.68. The molecule has 0 aliphatic heterocycles. The summed E-state index contributed by atoms with van der Waals surface area (Å²) in [6.07, 6.45) is -0.0398. The van der Waals surface area contributed by atoms with Crippen LogP contribution in [0.4, 0.5) is 0 Å². The van der Waals surface area contributed by atoms with Gasteiger partial charge in [-0.15, -0.1) is 0 Å². The summed E-state index contributed by atoms with van der Waals surface area (Å²) in [6.45, 7) is 3.77. The Balaban J connectivity index is 3.93. The minimum Gasteiger partial charge on any atom is -0.382 e. The zero-order valence-corrected chi connectivity index (χ0v) is 9.04. The summed E-state index contributed by atoms with van der Waals surface area (Å²) in [5.41, 5.74) is 2.47. The molecule has 6 heteroatoms. The quantitative estimate of drug-likeness (QED) is 0.225. The van der Waals surface area contributed by atoms with Crippen molar-refractivity contribution >= 4 is 5.96 Å². The minimum atomic E-state index is -0.0398. The van der Waals surface area contributed by atoms with E-state index in [0.717, 1.165) is 6.54 Å². The van der Waals surface area contributed by atoms with Gasteiger partial charge in [0, 0.05) is 20.8 Å². The van der Waals surface area contributed by atoms with Crippen LogP contribution >= 0.6 is 0 Å². The van der Waals surface area contributed by atoms with Gasteiger partial charge in [-0.05, 0) is 6.92 Å². The van der Waals surface area contributed by atoms with Crippen LogP contribution in [0.2, 0.25) is 0 Å². The van der Waals surface area contributed by atoms with Gasteiger partial charge < -0.3 is 14.8 Å². The summed E-state index contributed by atoms with van der Waals surface area (Å²) in [5.74, 6) is 5.81. The highest BCUT2D eigenvalue weighted by Crippen LogP contribution is 1.91. The lowest BCUT2D eigenvalue weighted by Crippen LogP contribution is -2.42. The van der Waals surface area contributed by atoms with Gasteiger partial charge in [-0.25, -0.2) is 10.8 Å². The van der Waals surface area contributed by atoms with E-state index in [4.69, 9.17) is 15.3 Å². The molecule has 0 radical (unpaired) electrons. The Morgan fingerprint density at radius 2 is 2.21 bits per heavy atom. The molecular formula is C8H20N4O2. The average Bonchev–Trinajstić information content (AvgIpc) is 2.22. The van der Waals surface area contributed by atoms with E-state index in [0.29, 0.717) is 19.1 Å². The largest absolute Gasteiger partial charge is 0.382 e. The van der Waals surface area contributed by atoms with Crippen molar-refractivity contribution in [1.29, 1.82) is 0 Å². The van der Waals surface area contributed by atoms with Gasteiger partial charge >= 0.3 is 0 Å². The van der Waals surface area contributed by atoms with Crippen LogP contribution in [-0.4, -0.2) is 46.0 Å². The van der Waals surface area contributed by atoms with Gasteiger partial charge in [0.25, 0.3) is 0 Å². The van der Waals surface area contributed by atoms with E-state index in [9.17, 15) is 0 Å². The standard InChI is InChI=1S/C8H20N4O2/c1-4-10-8(12-9)11-5-7(14-3)6-13-2/h7H,4-6,9H2,1-3H3,(H2,10,11,12). The van der Waals surface area contributed by atoms with Gasteiger partial charge in [0.2, 0.25) is 5.96 Å². The summed E-state index contributed by atoms with van der Waals surface area (Å²) < 4.78 is 10.1. The van der Waals surface area contributed by atoms with Gasteiger partial charge in [0.15, 0.2) is 0 Å². The molecule has 0 amide bonds. The molecule has 14 heavy (non-hydrogen) atoms. The Morgan fingerprint density at radius 3 is 2.64 bits per heavy atom. The number of aliphatic imine (C=N–C) groups is 1. The van der Waals surface area contributed by atoms with Crippen molar-refractivity contribution in [1.82, 2.24) is 10.7 Å². The third-order valence-corrected chi connectivity index (χ3v) is 1.62. The number of nitrogens with one attached hydrogen (secondary N) is 2. The van der Waals surface area contributed by atoms with Crippen molar-refractivity contribution in [2.45, 2.75) is 13.0 Å². The van der Waals surface area contributed by atoms with Gasteiger partial charge in [0.05, 0.1) is 13.2 Å². The Morgan fingerprint density at radius 1 is 1.50 bits per heavy atom. The number of hydrogen-bond acceptors (Lipinski definition) is 4. The van der Waals surface area contributed by atoms with Crippen molar-refractivity contribution in [3.8, 4) is 0 Å². The van der Waals surface area contributed by atoms with Crippen LogP contribution in [-0.2, 0) is 9.47 Å². The van der Waals surface area contributed by atoms with E-state index in [-0.39, 0.29) is 6.10 Å². The number of ether oxygens (including phenoxy) is 2. The normalized spacial score (nSPS) is 13.9. The minimum absolute atomic E-state index is 0.0398. The summed E-state index contributed by atoms with van der Waals surface area (Å²) in [6, 6.07) is 0. The first-order valence-electron chi connectivity index (χ1n) is 4.55. The molecule has 4 N–H and O–H groups in total. The van der Waals surface area contributed by atoms with E-state index in [1.165, 1.54) is 0 Å². The number of hydrazine groups is 1. The molecule has 0 aromatic carbocycles. The average molecular weight is 204 g/mol. The number of hydrogen-bond donors (Lipinski definition) is 3. The van der Waals surface area contributed by atoms with Crippen molar-refractivity contribution in [2.75, 3.05) is 33.9 Å². The molecule has 0 fully saturated rings. The third-order valence-electron chi connectivity index (χ3n) is 1.62. The van der Waals surface area contributed by atoms with Crippen LogP contribution < -0.4 is 16.6 Å². The number of rotatable bonds is 6. The van der Waals surface area contributed by atoms with Gasteiger partial charge in [0.1, 0.15) is 6.10 Å². The first kappa shape index (κ1) is 13.2. The fourth-order valence-corrected chi connectivity index (χ4v) is 0.894. The van der Waals surface area contributed by atoms with Crippen LogP contribution in [0.1, 0.15) is 6.92 Å². The van der Waals surface area contributed by atoms with Crippen molar-refractivity contribution in [3.63, 3.8) is 0 Å². The molecule has 1 atom stereocenters. The highest BCUT2D eigenvalue weighted by atomic mass is 16.5. The first-order valence-corrected chi connectivity index (χ1v) is 4.55. The topological polar surface area (TPSA) is 80.9 Å². The molecule has 0 aromatic heterocycles. The van der Waals surface area contributed by atoms with Crippen molar-refractivity contribution in [3.05, 3.63) is 0 Å². The maximum atomic E-state index is 5.25. The van der Waals surface area contributed by atoms with Crippen LogP contribution in [0.3, 0.4) is 0 Å². The Labute approximate surface area is 84.8 Å². The fraction of sp³-hybridized carbons (Fsp3) is 0.875. The maximum absolute atomic E-state index is 5.25. The molecule has 0 rings (SSSR count). The first-order chi connectivity index (χ1) is 6.78. The van der Waals surface area contributed by atoms with E-state index < -0.39 is 0 Å². The summed E-state index contributed by atoms with van der Waals surface area (Å²) in [5, 5.41) is 2.97. The lowest BCUT2D eigenvalue weighted by Gasteiger charge is -2.13. The molecule has 0 bridgehead atoms. The monoisotopic (exact) mass is 204 g/mol. The van der Waals surface area contributed by atoms with E-state index in [2.05, 4.69) is 15.7 Å². The summed E-state index contributed by atoms with van der Waals surface area (Å²) >= 11 is 0.